The molecule has 2 rings (SSSR count). The van der Waals surface area contributed by atoms with Crippen LogP contribution in [0.4, 0.5) is 9.59 Å². The van der Waals surface area contributed by atoms with Crippen LogP contribution in [-0.2, 0) is 20.7 Å². The van der Waals surface area contributed by atoms with Crippen LogP contribution in [0.3, 0.4) is 0 Å². The largest absolute Gasteiger partial charge is 0.443 e. The molecule has 1 fully saturated rings. The number of hydrogen-bond acceptors (Lipinski definition) is 5. The summed E-state index contributed by atoms with van der Waals surface area (Å²) in [5.74, 6) is -0.634. The highest BCUT2D eigenvalue weighted by Gasteiger charge is 2.41. The molecule has 6 heteroatoms. The predicted octanol–water partition coefficient (Wildman–Crippen LogP) is 2.90. The molecule has 1 saturated heterocycles. The van der Waals surface area contributed by atoms with Crippen LogP contribution >= 0.6 is 0 Å². The third-order valence-corrected chi connectivity index (χ3v) is 3.07. The molecular weight excluding hydrogens is 286 g/mol. The molecule has 0 bridgehead atoms. The molecule has 0 spiro atoms. The second-order valence-corrected chi connectivity index (χ2v) is 6.14. The first kappa shape index (κ1) is 16.0. The van der Waals surface area contributed by atoms with E-state index < -0.39 is 29.8 Å². The van der Waals surface area contributed by atoms with Crippen molar-refractivity contribution in [1.82, 2.24) is 4.90 Å². The Kier molecular flexibility index (Phi) is 4.49. The number of ether oxygens (including phenoxy) is 2. The summed E-state index contributed by atoms with van der Waals surface area (Å²) in [5.41, 5.74) is 0.180. The summed E-state index contributed by atoms with van der Waals surface area (Å²) in [6, 6.07) is 8.72. The van der Waals surface area contributed by atoms with Gasteiger partial charge in [0.1, 0.15) is 5.60 Å². The normalized spacial score (nSPS) is 18.9. The lowest BCUT2D eigenvalue weighted by atomic mass is 10.0. The highest BCUT2D eigenvalue weighted by atomic mass is 16.6. The predicted molar refractivity (Wildman–Crippen MR) is 78.1 cm³/mol. The van der Waals surface area contributed by atoms with Crippen molar-refractivity contribution in [3.8, 4) is 0 Å². The summed E-state index contributed by atoms with van der Waals surface area (Å²) in [5, 5.41) is 0. The Hall–Kier alpha value is -2.37. The van der Waals surface area contributed by atoms with Gasteiger partial charge in [0, 0.05) is 0 Å². The molecule has 1 heterocycles. The summed E-state index contributed by atoms with van der Waals surface area (Å²) >= 11 is 0. The van der Waals surface area contributed by atoms with Gasteiger partial charge in [0.05, 0.1) is 12.5 Å². The van der Waals surface area contributed by atoms with Gasteiger partial charge in [-0.05, 0) is 32.8 Å². The molecule has 22 heavy (non-hydrogen) atoms. The number of carbonyl (C=O) groups is 3. The van der Waals surface area contributed by atoms with E-state index in [-0.39, 0.29) is 6.42 Å². The molecule has 0 aromatic heterocycles. The van der Waals surface area contributed by atoms with E-state index in [4.69, 9.17) is 4.74 Å². The van der Waals surface area contributed by atoms with Gasteiger partial charge in [-0.2, -0.15) is 0 Å². The lowest BCUT2D eigenvalue weighted by Gasteiger charge is -2.33. The molecule has 2 amide bonds. The van der Waals surface area contributed by atoms with E-state index in [0.29, 0.717) is 6.42 Å². The Bertz CT molecular complexity index is 576. The number of esters is 1. The Morgan fingerprint density at radius 2 is 1.91 bits per heavy atom. The molecule has 0 saturated carbocycles. The van der Waals surface area contributed by atoms with Gasteiger partial charge in [-0.25, -0.2) is 14.5 Å². The van der Waals surface area contributed by atoms with Crippen LogP contribution in [0.2, 0.25) is 0 Å². The third kappa shape index (κ3) is 4.07. The minimum Gasteiger partial charge on any atom is -0.443 e. The van der Waals surface area contributed by atoms with E-state index in [1.807, 2.05) is 30.3 Å². The molecule has 1 unspecified atom stereocenters. The Morgan fingerprint density at radius 3 is 2.50 bits per heavy atom. The van der Waals surface area contributed by atoms with Crippen LogP contribution in [0.1, 0.15) is 32.8 Å². The monoisotopic (exact) mass is 305 g/mol. The molecule has 0 N–H and O–H groups in total. The van der Waals surface area contributed by atoms with Gasteiger partial charge in [0.25, 0.3) is 0 Å². The van der Waals surface area contributed by atoms with Gasteiger partial charge < -0.3 is 9.47 Å². The van der Waals surface area contributed by atoms with E-state index in [1.54, 1.807) is 20.8 Å². The van der Waals surface area contributed by atoms with Crippen molar-refractivity contribution in [3.63, 3.8) is 0 Å². The number of benzene rings is 1. The Morgan fingerprint density at radius 1 is 1.27 bits per heavy atom. The van der Waals surface area contributed by atoms with Crippen molar-refractivity contribution in [1.29, 1.82) is 0 Å². The molecule has 1 atom stereocenters. The van der Waals surface area contributed by atoms with Gasteiger partial charge >= 0.3 is 18.2 Å². The van der Waals surface area contributed by atoms with Gasteiger partial charge in [-0.15, -0.1) is 0 Å². The first-order valence-electron chi connectivity index (χ1n) is 7.07. The number of hydrogen-bond donors (Lipinski definition) is 0. The SMILES string of the molecule is CC(C)(C)OC(=O)N1C(=O)OC(=O)CC1Cc1ccccc1. The molecule has 6 nitrogen and oxygen atoms in total. The van der Waals surface area contributed by atoms with Crippen molar-refractivity contribution in [2.45, 2.75) is 45.3 Å². The molecule has 1 aliphatic rings. The van der Waals surface area contributed by atoms with Crippen LogP contribution in [0.5, 0.6) is 0 Å². The van der Waals surface area contributed by atoms with E-state index in [1.165, 1.54) is 0 Å². The van der Waals surface area contributed by atoms with Gasteiger partial charge in [0.2, 0.25) is 0 Å². The number of imide groups is 1. The van der Waals surface area contributed by atoms with E-state index in [9.17, 15) is 14.4 Å². The highest BCUT2D eigenvalue weighted by molar-refractivity contribution is 5.96. The maximum absolute atomic E-state index is 12.2. The Labute approximate surface area is 129 Å². The van der Waals surface area contributed by atoms with Crippen LogP contribution in [-0.4, -0.2) is 34.7 Å². The molecule has 0 radical (unpaired) electrons. The Balaban J connectivity index is 2.20. The van der Waals surface area contributed by atoms with Crippen LogP contribution in [0.25, 0.3) is 0 Å². The van der Waals surface area contributed by atoms with Crippen molar-refractivity contribution in [2.24, 2.45) is 0 Å². The summed E-state index contributed by atoms with van der Waals surface area (Å²) < 4.78 is 9.78. The second kappa shape index (κ2) is 6.17. The second-order valence-electron chi connectivity index (χ2n) is 6.14. The van der Waals surface area contributed by atoms with E-state index in [0.717, 1.165) is 10.5 Å². The van der Waals surface area contributed by atoms with Crippen LogP contribution in [0.15, 0.2) is 30.3 Å². The minimum absolute atomic E-state index is 0.0418. The zero-order valence-corrected chi connectivity index (χ0v) is 12.9. The molecule has 1 aromatic carbocycles. The molecular formula is C16H19NO5. The maximum atomic E-state index is 12.2. The lowest BCUT2D eigenvalue weighted by Crippen LogP contribution is -2.52. The molecule has 1 aliphatic heterocycles. The van der Waals surface area contributed by atoms with Crippen molar-refractivity contribution in [2.75, 3.05) is 0 Å². The van der Waals surface area contributed by atoms with Crippen LogP contribution in [0, 0.1) is 0 Å². The fraction of sp³-hybridized carbons (Fsp3) is 0.438. The van der Waals surface area contributed by atoms with Crippen molar-refractivity contribution in [3.05, 3.63) is 35.9 Å². The standard InChI is InChI=1S/C16H19NO5/c1-16(2,3)22-15(20)17-12(10-13(18)21-14(17)19)9-11-7-5-4-6-8-11/h4-8,12H,9-10H2,1-3H3. The molecule has 118 valence electrons. The summed E-state index contributed by atoms with van der Waals surface area (Å²) in [6.45, 7) is 5.12. The van der Waals surface area contributed by atoms with Crippen LogP contribution < -0.4 is 0 Å². The molecule has 1 aromatic rings. The highest BCUT2D eigenvalue weighted by Crippen LogP contribution is 2.22. The first-order chi connectivity index (χ1) is 10.3. The third-order valence-electron chi connectivity index (χ3n) is 3.07. The fourth-order valence-electron chi connectivity index (χ4n) is 2.21. The van der Waals surface area contributed by atoms with Crippen molar-refractivity contribution >= 4 is 18.2 Å². The zero-order valence-electron chi connectivity index (χ0n) is 12.9. The number of rotatable bonds is 2. The number of carbonyl (C=O) groups excluding carboxylic acids is 3. The molecule has 0 aliphatic carbocycles. The average Bonchev–Trinajstić information content (AvgIpc) is 2.36. The number of amides is 2. The first-order valence-corrected chi connectivity index (χ1v) is 7.07. The summed E-state index contributed by atoms with van der Waals surface area (Å²) in [4.78, 5) is 36.5. The van der Waals surface area contributed by atoms with Gasteiger partial charge in [-0.3, -0.25) is 4.79 Å². The average molecular weight is 305 g/mol. The lowest BCUT2D eigenvalue weighted by molar-refractivity contribution is -0.143. The van der Waals surface area contributed by atoms with E-state index >= 15 is 0 Å². The summed E-state index contributed by atoms with van der Waals surface area (Å²) in [6.07, 6.45) is -1.45. The summed E-state index contributed by atoms with van der Waals surface area (Å²) in [7, 11) is 0. The fourth-order valence-corrected chi connectivity index (χ4v) is 2.21. The zero-order chi connectivity index (χ0) is 16.3. The number of cyclic esters (lactones) is 2. The number of nitrogens with zero attached hydrogens (tertiary/aromatic N) is 1. The maximum Gasteiger partial charge on any atom is 0.427 e. The minimum atomic E-state index is -0.980. The van der Waals surface area contributed by atoms with E-state index in [2.05, 4.69) is 4.74 Å². The van der Waals surface area contributed by atoms with Gasteiger partial charge in [-0.1, -0.05) is 30.3 Å². The topological polar surface area (TPSA) is 72.9 Å². The van der Waals surface area contributed by atoms with Crippen molar-refractivity contribution < 1.29 is 23.9 Å². The quantitative estimate of drug-likeness (QED) is 0.620. The van der Waals surface area contributed by atoms with Gasteiger partial charge in [0.15, 0.2) is 0 Å². The smallest absolute Gasteiger partial charge is 0.427 e.